The molecule has 0 bridgehead atoms. The lowest BCUT2D eigenvalue weighted by molar-refractivity contribution is 0.505. The minimum Gasteiger partial charge on any atom is -0.352 e. The molecule has 0 aliphatic carbocycles. The van der Waals surface area contributed by atoms with Crippen LogP contribution in [-0.4, -0.2) is 39.0 Å². The number of sulfone groups is 1. The number of hydrogen-bond donors (Lipinski definition) is 2. The van der Waals surface area contributed by atoms with Gasteiger partial charge in [-0.05, 0) is 18.9 Å². The third-order valence-corrected chi connectivity index (χ3v) is 6.68. The van der Waals surface area contributed by atoms with Crippen molar-refractivity contribution in [3.05, 3.63) is 18.0 Å². The normalized spacial score (nSPS) is 20.1. The fraction of sp³-hybridized carbons (Fsp3) is 0.636. The zero-order valence-corrected chi connectivity index (χ0v) is 12.9. The molecule has 7 nitrogen and oxygen atoms in total. The van der Waals surface area contributed by atoms with E-state index in [0.29, 0.717) is 12.8 Å². The molecule has 0 saturated carbocycles. The predicted octanol–water partition coefficient (Wildman–Crippen LogP) is -0.661. The molecule has 0 unspecified atom stereocenters. The zero-order valence-electron chi connectivity index (χ0n) is 11.2. The van der Waals surface area contributed by atoms with E-state index in [2.05, 4.69) is 4.72 Å². The minimum atomic E-state index is -3.63. The van der Waals surface area contributed by atoms with Crippen LogP contribution in [0, 0.1) is 0 Å². The van der Waals surface area contributed by atoms with Crippen LogP contribution < -0.4 is 10.5 Å². The molecule has 1 aliphatic heterocycles. The van der Waals surface area contributed by atoms with Crippen LogP contribution >= 0.6 is 0 Å². The molecule has 0 atom stereocenters. The molecule has 2 heterocycles. The summed E-state index contributed by atoms with van der Waals surface area (Å²) in [6, 6.07) is 1.20. The van der Waals surface area contributed by atoms with E-state index in [9.17, 15) is 16.8 Å². The van der Waals surface area contributed by atoms with E-state index < -0.39 is 19.9 Å². The molecule has 1 saturated heterocycles. The van der Waals surface area contributed by atoms with Crippen LogP contribution in [0.1, 0.15) is 18.5 Å². The molecule has 1 aromatic heterocycles. The van der Waals surface area contributed by atoms with Gasteiger partial charge in [0.05, 0.1) is 16.4 Å². The van der Waals surface area contributed by atoms with Crippen LogP contribution in [-0.2, 0) is 33.5 Å². The fourth-order valence-electron chi connectivity index (χ4n) is 2.22. The van der Waals surface area contributed by atoms with Crippen molar-refractivity contribution in [2.24, 2.45) is 12.8 Å². The maximum atomic E-state index is 12.2. The second kappa shape index (κ2) is 5.47. The first-order valence-corrected chi connectivity index (χ1v) is 9.62. The summed E-state index contributed by atoms with van der Waals surface area (Å²) >= 11 is 0. The number of hydrogen-bond acceptors (Lipinski definition) is 5. The van der Waals surface area contributed by atoms with Crippen molar-refractivity contribution in [2.75, 3.05) is 11.5 Å². The molecule has 20 heavy (non-hydrogen) atoms. The highest BCUT2D eigenvalue weighted by atomic mass is 32.2. The first kappa shape index (κ1) is 15.5. The van der Waals surface area contributed by atoms with E-state index in [1.807, 2.05) is 0 Å². The van der Waals surface area contributed by atoms with E-state index in [1.165, 1.54) is 12.3 Å². The van der Waals surface area contributed by atoms with Gasteiger partial charge in [-0.1, -0.05) is 0 Å². The Labute approximate surface area is 119 Å². The average Bonchev–Trinajstić information content (AvgIpc) is 2.74. The first-order valence-electron chi connectivity index (χ1n) is 6.31. The highest BCUT2D eigenvalue weighted by molar-refractivity contribution is 7.91. The second-order valence-electron chi connectivity index (χ2n) is 5.03. The Morgan fingerprint density at radius 1 is 1.40 bits per heavy atom. The molecular weight excluding hydrogens is 302 g/mol. The van der Waals surface area contributed by atoms with Crippen LogP contribution in [0.3, 0.4) is 0 Å². The van der Waals surface area contributed by atoms with Crippen molar-refractivity contribution in [1.82, 2.24) is 9.29 Å². The number of nitrogens with zero attached hydrogens (tertiary/aromatic N) is 1. The lowest BCUT2D eigenvalue weighted by atomic mass is 10.2. The highest BCUT2D eigenvalue weighted by Gasteiger charge is 2.28. The molecule has 0 spiro atoms. The van der Waals surface area contributed by atoms with Crippen LogP contribution in [0.4, 0.5) is 0 Å². The van der Waals surface area contributed by atoms with Crippen molar-refractivity contribution in [2.45, 2.75) is 30.3 Å². The van der Waals surface area contributed by atoms with Crippen molar-refractivity contribution in [3.63, 3.8) is 0 Å². The number of nitrogens with one attached hydrogen (secondary N) is 1. The maximum absolute atomic E-state index is 12.2. The zero-order chi connectivity index (χ0) is 15.0. The smallest absolute Gasteiger partial charge is 0.242 e. The molecule has 1 aromatic rings. The van der Waals surface area contributed by atoms with E-state index in [1.54, 1.807) is 11.6 Å². The largest absolute Gasteiger partial charge is 0.352 e. The summed E-state index contributed by atoms with van der Waals surface area (Å²) in [5, 5.41) is 0. The van der Waals surface area contributed by atoms with Gasteiger partial charge in [0.1, 0.15) is 9.84 Å². The maximum Gasteiger partial charge on any atom is 0.242 e. The van der Waals surface area contributed by atoms with E-state index in [0.717, 1.165) is 5.69 Å². The number of aromatic nitrogens is 1. The summed E-state index contributed by atoms with van der Waals surface area (Å²) in [5.41, 5.74) is 6.24. The van der Waals surface area contributed by atoms with Gasteiger partial charge >= 0.3 is 0 Å². The van der Waals surface area contributed by atoms with Crippen molar-refractivity contribution >= 4 is 19.9 Å². The summed E-state index contributed by atoms with van der Waals surface area (Å²) < 4.78 is 51.3. The second-order valence-corrected chi connectivity index (χ2v) is 9.05. The molecular formula is C11H19N3O4S2. The number of sulfonamides is 1. The molecule has 114 valence electrons. The van der Waals surface area contributed by atoms with Gasteiger partial charge < -0.3 is 10.3 Å². The number of rotatable bonds is 4. The molecule has 3 N–H and O–H groups in total. The van der Waals surface area contributed by atoms with Gasteiger partial charge in [-0.15, -0.1) is 0 Å². The van der Waals surface area contributed by atoms with Crippen LogP contribution in [0.5, 0.6) is 0 Å². The average molecular weight is 321 g/mol. The summed E-state index contributed by atoms with van der Waals surface area (Å²) in [5.74, 6) is 0.0616. The molecule has 0 radical (unpaired) electrons. The van der Waals surface area contributed by atoms with Crippen molar-refractivity contribution in [3.8, 4) is 0 Å². The predicted molar refractivity (Wildman–Crippen MR) is 75.3 cm³/mol. The standard InChI is InChI=1S/C11H19N3O4S2/c1-14-8-11(6-10(14)7-12)20(17,18)13-9-2-4-19(15,16)5-3-9/h6,8-9,13H,2-5,7,12H2,1H3. The van der Waals surface area contributed by atoms with Gasteiger partial charge in [0.25, 0.3) is 0 Å². The Morgan fingerprint density at radius 2 is 2.00 bits per heavy atom. The van der Waals surface area contributed by atoms with Gasteiger partial charge in [-0.25, -0.2) is 21.6 Å². The summed E-state index contributed by atoms with van der Waals surface area (Å²) in [6.45, 7) is 0.258. The molecule has 9 heteroatoms. The number of nitrogens with two attached hydrogens (primary N) is 1. The Balaban J connectivity index is 2.11. The quantitative estimate of drug-likeness (QED) is 0.764. The monoisotopic (exact) mass is 321 g/mol. The third-order valence-electron chi connectivity index (χ3n) is 3.48. The van der Waals surface area contributed by atoms with Crippen LogP contribution in [0.2, 0.25) is 0 Å². The van der Waals surface area contributed by atoms with Gasteiger partial charge in [-0.2, -0.15) is 0 Å². The van der Waals surface area contributed by atoms with Gasteiger partial charge in [-0.3, -0.25) is 0 Å². The molecule has 2 rings (SSSR count). The van der Waals surface area contributed by atoms with E-state index in [-0.39, 0.29) is 29.0 Å². The fourth-order valence-corrected chi connectivity index (χ4v) is 5.11. The Hall–Kier alpha value is -0.900. The SMILES string of the molecule is Cn1cc(S(=O)(=O)NC2CCS(=O)(=O)CC2)cc1CN. The van der Waals surface area contributed by atoms with Crippen LogP contribution in [0.15, 0.2) is 17.2 Å². The number of aryl methyl sites for hydroxylation is 1. The van der Waals surface area contributed by atoms with Gasteiger partial charge in [0, 0.05) is 31.5 Å². The minimum absolute atomic E-state index is 0.0308. The Bertz CT molecular complexity index is 677. The molecule has 0 aromatic carbocycles. The molecule has 1 aliphatic rings. The van der Waals surface area contributed by atoms with E-state index >= 15 is 0 Å². The molecule has 1 fully saturated rings. The lowest BCUT2D eigenvalue weighted by Crippen LogP contribution is -2.40. The first-order chi connectivity index (χ1) is 9.23. The summed E-state index contributed by atoms with van der Waals surface area (Å²) in [7, 11) is -4.90. The highest BCUT2D eigenvalue weighted by Crippen LogP contribution is 2.17. The molecule has 0 amide bonds. The van der Waals surface area contributed by atoms with Crippen molar-refractivity contribution < 1.29 is 16.8 Å². The van der Waals surface area contributed by atoms with E-state index in [4.69, 9.17) is 5.73 Å². The third kappa shape index (κ3) is 3.40. The lowest BCUT2D eigenvalue weighted by Gasteiger charge is -2.22. The Morgan fingerprint density at radius 3 is 2.50 bits per heavy atom. The van der Waals surface area contributed by atoms with Crippen LogP contribution in [0.25, 0.3) is 0 Å². The summed E-state index contributed by atoms with van der Waals surface area (Å²) in [4.78, 5) is 0.161. The van der Waals surface area contributed by atoms with Gasteiger partial charge in [0.15, 0.2) is 0 Å². The topological polar surface area (TPSA) is 111 Å². The Kier molecular flexibility index (Phi) is 4.24. The van der Waals surface area contributed by atoms with Gasteiger partial charge in [0.2, 0.25) is 10.0 Å². The van der Waals surface area contributed by atoms with Crippen molar-refractivity contribution in [1.29, 1.82) is 0 Å². The summed E-state index contributed by atoms with van der Waals surface area (Å²) in [6.07, 6.45) is 2.14.